The zero-order chi connectivity index (χ0) is 57.4. The molecule has 0 aromatic heterocycles. The molecule has 0 aliphatic carbocycles. The number of hydrogen-bond donors (Lipinski definition) is 1. The van der Waals surface area contributed by atoms with Gasteiger partial charge < -0.3 is 47.4 Å². The van der Waals surface area contributed by atoms with Crippen LogP contribution in [0.4, 0.5) is 0 Å². The fourth-order valence-corrected chi connectivity index (χ4v) is 15.1. The Balaban J connectivity index is 1.18. The molecule has 2 saturated heterocycles. The van der Waals surface area contributed by atoms with E-state index in [0.717, 1.165) is 15.3 Å². The van der Waals surface area contributed by atoms with Crippen LogP contribution in [0.3, 0.4) is 0 Å². The van der Waals surface area contributed by atoms with Crippen LogP contribution in [0.1, 0.15) is 76.1 Å². The van der Waals surface area contributed by atoms with Crippen molar-refractivity contribution in [3.8, 4) is 0 Å². The number of rotatable bonds is 19. The molecule has 17 nitrogen and oxygen atoms in total. The highest BCUT2D eigenvalue weighted by molar-refractivity contribution is 6.99. The fourth-order valence-electron chi connectivity index (χ4n) is 10.5. The molecule has 3 aliphatic rings. The van der Waals surface area contributed by atoms with E-state index in [-0.39, 0.29) is 40.0 Å². The maximum atomic E-state index is 14.5. The summed E-state index contributed by atoms with van der Waals surface area (Å²) < 4.78 is 58.5. The van der Waals surface area contributed by atoms with E-state index in [4.69, 9.17) is 42.3 Å². The third kappa shape index (κ3) is 12.2. The van der Waals surface area contributed by atoms with Crippen molar-refractivity contribution in [2.24, 2.45) is 0 Å². The van der Waals surface area contributed by atoms with Crippen molar-refractivity contribution < 1.29 is 76.2 Å². The van der Waals surface area contributed by atoms with Gasteiger partial charge in [0.25, 0.3) is 20.1 Å². The van der Waals surface area contributed by atoms with Crippen molar-refractivity contribution in [2.75, 3.05) is 20.3 Å². The lowest BCUT2D eigenvalue weighted by molar-refractivity contribution is -0.311. The van der Waals surface area contributed by atoms with Gasteiger partial charge in [0.1, 0.15) is 37.1 Å². The Kier molecular flexibility index (Phi) is 18.0. The number of aliphatic hydroxyl groups is 1. The molecule has 0 spiro atoms. The molecule has 3 heterocycles. The molecule has 6 aromatic rings. The Morgan fingerprint density at radius 2 is 0.988 bits per heavy atom. The summed E-state index contributed by atoms with van der Waals surface area (Å²) in [4.78, 5) is 85.8. The molecule has 18 heteroatoms. The molecule has 81 heavy (non-hydrogen) atoms. The molecule has 0 radical (unpaired) electrons. The van der Waals surface area contributed by atoms with Gasteiger partial charge in [0.05, 0.1) is 28.9 Å². The highest BCUT2D eigenvalue weighted by Gasteiger charge is 2.60. The minimum Gasteiger partial charge on any atom is -0.458 e. The standard InChI is InChI=1S/C63H63NO16Si/c1-39-40(2)56(67)64(55(39)66)49-50(65)51(48(76-61(49)72-6)38-74-81(63(3,4)5,45-33-21-11-22-34-45)46-35-23-12-24-36-46)79-62-54(78-60(71)44-31-19-10-20-32-44)53(77-59(70)43-29-17-9-18-30-43)52(80-62)47(75-58(69)42-27-15-8-16-28-42)37-73-57(68)41-25-13-7-14-26-41/h7-36,47-54,61-62,65H,37-38H2,1-6H3/t47-,48-,49-,50-,51-,52-,53+,54-,61-,62-/m1/s1. The number of benzene rings is 6. The number of hydrogen-bond acceptors (Lipinski definition) is 16. The van der Waals surface area contributed by atoms with Gasteiger partial charge in [0, 0.05) is 18.3 Å². The number of imide groups is 1. The molecule has 10 atom stereocenters. The Morgan fingerprint density at radius 1 is 0.568 bits per heavy atom. The van der Waals surface area contributed by atoms with Crippen LogP contribution in [0, 0.1) is 0 Å². The third-order valence-corrected chi connectivity index (χ3v) is 19.7. The summed E-state index contributed by atoms with van der Waals surface area (Å²) in [5.74, 6) is -4.96. The van der Waals surface area contributed by atoms with Gasteiger partial charge in [-0.1, -0.05) is 154 Å². The van der Waals surface area contributed by atoms with Crippen LogP contribution in [-0.4, -0.2) is 136 Å². The number of methoxy groups -OCH3 is 1. The van der Waals surface area contributed by atoms with Gasteiger partial charge in [-0.25, -0.2) is 19.2 Å². The van der Waals surface area contributed by atoms with Crippen LogP contribution in [0.5, 0.6) is 0 Å². The first-order valence-electron chi connectivity index (χ1n) is 26.5. The topological polar surface area (TPSA) is 209 Å². The van der Waals surface area contributed by atoms with Gasteiger partial charge in [-0.05, 0) is 77.8 Å². The smallest absolute Gasteiger partial charge is 0.338 e. The number of amides is 2. The average molecular weight is 1120 g/mol. The molecule has 3 aliphatic heterocycles. The zero-order valence-electron chi connectivity index (χ0n) is 45.5. The Hall–Kier alpha value is -7.94. The monoisotopic (exact) mass is 1120 g/mol. The second-order valence-electron chi connectivity index (χ2n) is 20.8. The van der Waals surface area contributed by atoms with E-state index in [9.17, 15) is 33.9 Å². The maximum Gasteiger partial charge on any atom is 0.338 e. The molecule has 9 rings (SSSR count). The number of carbonyl (C=O) groups excluding carboxylic acids is 6. The second kappa shape index (κ2) is 25.2. The SMILES string of the molecule is CO[C@@H]1O[C@H](CO[Si](c2ccccc2)(c2ccccc2)C(C)(C)C)[C@@H](O[C@@H]2O[C@H]([C@@H](COC(=O)c3ccccc3)OC(=O)c3ccccc3)[C@H](OC(=O)c3ccccc3)[C@H]2OC(=O)c2ccccc2)[C@H](O)[C@H]1N1C(=O)C(C)=C(C)C1=O. The summed E-state index contributed by atoms with van der Waals surface area (Å²) in [6.45, 7) is 8.21. The number of aliphatic hydroxyl groups excluding tert-OH is 1. The first-order chi connectivity index (χ1) is 39.0. The molecule has 2 amide bonds. The van der Waals surface area contributed by atoms with E-state index in [1.54, 1.807) is 72.8 Å². The summed E-state index contributed by atoms with van der Waals surface area (Å²) in [5, 5.41) is 14.3. The summed E-state index contributed by atoms with van der Waals surface area (Å²) in [5.41, 5.74) is 0.687. The van der Waals surface area contributed by atoms with E-state index in [1.807, 2.05) is 60.7 Å². The molecule has 6 aromatic carbocycles. The summed E-state index contributed by atoms with van der Waals surface area (Å²) in [6, 6.07) is 49.8. The predicted octanol–water partition coefficient (Wildman–Crippen LogP) is 7.01. The summed E-state index contributed by atoms with van der Waals surface area (Å²) >= 11 is 0. The van der Waals surface area contributed by atoms with Crippen LogP contribution in [0.15, 0.2) is 193 Å². The van der Waals surface area contributed by atoms with Crippen molar-refractivity contribution in [1.82, 2.24) is 4.90 Å². The Bertz CT molecular complexity index is 3140. The zero-order valence-corrected chi connectivity index (χ0v) is 46.5. The molecule has 2 fully saturated rings. The lowest BCUT2D eigenvalue weighted by Gasteiger charge is -2.49. The van der Waals surface area contributed by atoms with Crippen molar-refractivity contribution in [1.29, 1.82) is 0 Å². The Morgan fingerprint density at radius 3 is 1.43 bits per heavy atom. The van der Waals surface area contributed by atoms with Crippen LogP contribution >= 0.6 is 0 Å². The van der Waals surface area contributed by atoms with Gasteiger partial charge >= 0.3 is 23.9 Å². The average Bonchev–Trinajstić information content (AvgIpc) is 3.99. The minimum absolute atomic E-state index is 0.0709. The highest BCUT2D eigenvalue weighted by atomic mass is 28.4. The number of esters is 4. The van der Waals surface area contributed by atoms with E-state index >= 15 is 0 Å². The van der Waals surface area contributed by atoms with Crippen LogP contribution in [0.2, 0.25) is 5.04 Å². The first-order valence-corrected chi connectivity index (χ1v) is 28.4. The number of ether oxygens (including phenoxy) is 8. The molecule has 0 unspecified atom stereocenters. The molecular weight excluding hydrogens is 1050 g/mol. The van der Waals surface area contributed by atoms with Crippen LogP contribution < -0.4 is 10.4 Å². The van der Waals surface area contributed by atoms with Crippen LogP contribution in [-0.2, 0) is 51.9 Å². The normalized spacial score (nSPS) is 23.4. The van der Waals surface area contributed by atoms with Crippen LogP contribution in [0.25, 0.3) is 0 Å². The lowest BCUT2D eigenvalue weighted by atomic mass is 9.95. The van der Waals surface area contributed by atoms with Crippen molar-refractivity contribution in [3.05, 3.63) is 215 Å². The number of nitrogens with zero attached hydrogens (tertiary/aromatic N) is 1. The van der Waals surface area contributed by atoms with Crippen molar-refractivity contribution >= 4 is 54.4 Å². The molecular formula is C63H63NO16Si. The van der Waals surface area contributed by atoms with E-state index < -0.39 is 117 Å². The predicted molar refractivity (Wildman–Crippen MR) is 296 cm³/mol. The molecule has 420 valence electrons. The van der Waals surface area contributed by atoms with Gasteiger partial charge in [0.2, 0.25) is 0 Å². The Labute approximate surface area is 470 Å². The highest BCUT2D eigenvalue weighted by Crippen LogP contribution is 2.41. The summed E-state index contributed by atoms with van der Waals surface area (Å²) in [6.07, 6.45) is -15.1. The maximum absolute atomic E-state index is 14.5. The second-order valence-corrected chi connectivity index (χ2v) is 25.1. The molecule has 0 saturated carbocycles. The minimum atomic E-state index is -3.42. The molecule has 1 N–H and O–H groups in total. The van der Waals surface area contributed by atoms with Crippen molar-refractivity contribution in [3.63, 3.8) is 0 Å². The van der Waals surface area contributed by atoms with Gasteiger partial charge in [-0.3, -0.25) is 14.5 Å². The number of carbonyl (C=O) groups is 6. The lowest BCUT2D eigenvalue weighted by Crippen LogP contribution is -2.70. The van der Waals surface area contributed by atoms with E-state index in [2.05, 4.69) is 20.8 Å². The van der Waals surface area contributed by atoms with E-state index in [1.165, 1.54) is 69.5 Å². The largest absolute Gasteiger partial charge is 0.458 e. The fraction of sp³-hybridized carbons (Fsp3) is 0.302. The molecule has 0 bridgehead atoms. The first kappa shape index (κ1) is 57.7. The van der Waals surface area contributed by atoms with Crippen molar-refractivity contribution in [2.45, 2.75) is 101 Å². The van der Waals surface area contributed by atoms with Gasteiger partial charge in [-0.2, -0.15) is 0 Å². The van der Waals surface area contributed by atoms with Gasteiger partial charge in [0.15, 0.2) is 30.9 Å². The van der Waals surface area contributed by atoms with Gasteiger partial charge in [-0.15, -0.1) is 0 Å². The van der Waals surface area contributed by atoms with E-state index in [0.29, 0.717) is 0 Å². The summed E-state index contributed by atoms with van der Waals surface area (Å²) in [7, 11) is -2.12. The third-order valence-electron chi connectivity index (χ3n) is 14.7. The quantitative estimate of drug-likeness (QED) is 0.0374.